The first-order valence-electron chi connectivity index (χ1n) is 6.69. The van der Waals surface area contributed by atoms with Crippen LogP contribution in [0.5, 0.6) is 0 Å². The number of benzene rings is 1. The Morgan fingerprint density at radius 1 is 1.19 bits per heavy atom. The van der Waals surface area contributed by atoms with Gasteiger partial charge in [-0.15, -0.1) is 0 Å². The van der Waals surface area contributed by atoms with Crippen LogP contribution in [0, 0.1) is 0 Å². The van der Waals surface area contributed by atoms with Gasteiger partial charge in [-0.25, -0.2) is 13.8 Å². The van der Waals surface area contributed by atoms with E-state index in [1.165, 1.54) is 0 Å². The summed E-state index contributed by atoms with van der Waals surface area (Å²) in [5.41, 5.74) is 4.21. The Hall–Kier alpha value is -2.43. The van der Waals surface area contributed by atoms with Gasteiger partial charge in [0.15, 0.2) is 0 Å². The van der Waals surface area contributed by atoms with Crippen molar-refractivity contribution >= 4 is 11.3 Å². The zero-order valence-electron chi connectivity index (χ0n) is 11.6. The molecule has 0 aliphatic rings. The fourth-order valence-corrected chi connectivity index (χ4v) is 2.27. The maximum atomic E-state index is 12.3. The highest BCUT2D eigenvalue weighted by molar-refractivity contribution is 5.65. The molecule has 2 heterocycles. The Morgan fingerprint density at radius 3 is 2.62 bits per heavy atom. The second-order valence-corrected chi connectivity index (χ2v) is 4.85. The Bertz CT molecular complexity index is 748. The van der Waals surface area contributed by atoms with Crippen molar-refractivity contribution in [3.63, 3.8) is 0 Å². The fraction of sp³-hybridized carbons (Fsp3) is 0.188. The zero-order chi connectivity index (χ0) is 14.8. The Morgan fingerprint density at radius 2 is 1.95 bits per heavy atom. The maximum Gasteiger partial charge on any atom is 0.242 e. The van der Waals surface area contributed by atoms with Gasteiger partial charge in [0, 0.05) is 43.2 Å². The van der Waals surface area contributed by atoms with Gasteiger partial charge < -0.3 is 9.72 Å². The lowest BCUT2D eigenvalue weighted by Gasteiger charge is -2.01. The van der Waals surface area contributed by atoms with Crippen LogP contribution in [0.15, 0.2) is 48.8 Å². The number of nitrogens with zero attached hydrogens (tertiary/aromatic N) is 2. The van der Waals surface area contributed by atoms with Crippen LogP contribution >= 0.6 is 0 Å². The Labute approximate surface area is 121 Å². The van der Waals surface area contributed by atoms with Crippen molar-refractivity contribution in [1.82, 2.24) is 9.38 Å². The summed E-state index contributed by atoms with van der Waals surface area (Å²) in [6.07, 6.45) is 1.34. The van der Waals surface area contributed by atoms with Gasteiger partial charge in [-0.2, -0.15) is 0 Å². The van der Waals surface area contributed by atoms with E-state index in [2.05, 4.69) is 10.3 Å². The van der Waals surface area contributed by atoms with E-state index >= 15 is 0 Å². The number of nitrogens with one attached hydrogen (secondary N) is 1. The molecule has 1 N–H and O–H groups in total. The number of imidazole rings is 1. The van der Waals surface area contributed by atoms with Crippen molar-refractivity contribution in [2.75, 3.05) is 12.4 Å². The van der Waals surface area contributed by atoms with E-state index in [1.54, 1.807) is 12.1 Å². The minimum Gasteiger partial charge on any atom is -0.388 e. The van der Waals surface area contributed by atoms with Crippen LogP contribution in [0.3, 0.4) is 0 Å². The highest BCUT2D eigenvalue weighted by Crippen LogP contribution is 2.21. The zero-order valence-corrected chi connectivity index (χ0v) is 11.6. The van der Waals surface area contributed by atoms with Crippen molar-refractivity contribution in [2.24, 2.45) is 0 Å². The predicted octanol–water partition coefficient (Wildman–Crippen LogP) is 3.85. The third-order valence-electron chi connectivity index (χ3n) is 3.39. The lowest BCUT2D eigenvalue weighted by Crippen LogP contribution is -1.95. The predicted molar refractivity (Wildman–Crippen MR) is 79.9 cm³/mol. The second kappa shape index (κ2) is 5.52. The van der Waals surface area contributed by atoms with Crippen LogP contribution in [0.2, 0.25) is 0 Å². The quantitative estimate of drug-likeness (QED) is 0.789. The molecule has 0 aliphatic carbocycles. The number of hydrogen-bond donors (Lipinski definition) is 1. The smallest absolute Gasteiger partial charge is 0.242 e. The molecule has 2 aromatic heterocycles. The number of pyridine rings is 1. The molecular formula is C16H15F2N3. The summed E-state index contributed by atoms with van der Waals surface area (Å²) in [5.74, 6) is 0. The number of halogens is 2. The molecule has 1 aromatic carbocycles. The summed E-state index contributed by atoms with van der Waals surface area (Å²) in [4.78, 5) is 4.56. The largest absolute Gasteiger partial charge is 0.388 e. The number of alkyl halides is 2. The highest BCUT2D eigenvalue weighted by Gasteiger charge is 2.07. The van der Waals surface area contributed by atoms with E-state index in [-0.39, 0.29) is 6.42 Å². The van der Waals surface area contributed by atoms with Crippen LogP contribution in [0.1, 0.15) is 5.56 Å². The second-order valence-electron chi connectivity index (χ2n) is 4.85. The molecule has 0 saturated heterocycles. The molecule has 3 rings (SSSR count). The number of hydrogen-bond acceptors (Lipinski definition) is 2. The molecule has 3 aromatic rings. The minimum absolute atomic E-state index is 0.211. The summed E-state index contributed by atoms with van der Waals surface area (Å²) in [6, 6.07) is 11.0. The standard InChI is InChI=1S/C16H15F2N3/c1-19-13-6-7-21-10-14(20-16(21)9-13)12-4-2-11(3-5-12)8-15(17)18/h2-7,9-10,15,19H,8H2,1H3. The average molecular weight is 287 g/mol. The first-order chi connectivity index (χ1) is 10.2. The van der Waals surface area contributed by atoms with Crippen LogP contribution in [0.4, 0.5) is 14.5 Å². The Balaban J connectivity index is 1.92. The van der Waals surface area contributed by atoms with Crippen LogP contribution in [-0.2, 0) is 6.42 Å². The molecular weight excluding hydrogens is 272 g/mol. The first-order valence-corrected chi connectivity index (χ1v) is 6.69. The lowest BCUT2D eigenvalue weighted by atomic mass is 10.1. The molecule has 108 valence electrons. The van der Waals surface area contributed by atoms with Crippen molar-refractivity contribution < 1.29 is 8.78 Å². The van der Waals surface area contributed by atoms with Crippen molar-refractivity contribution in [3.8, 4) is 11.3 Å². The number of anilines is 1. The van der Waals surface area contributed by atoms with Gasteiger partial charge in [0.25, 0.3) is 0 Å². The molecule has 0 unspecified atom stereocenters. The first kappa shape index (κ1) is 13.5. The highest BCUT2D eigenvalue weighted by atomic mass is 19.3. The van der Waals surface area contributed by atoms with Crippen LogP contribution in [-0.4, -0.2) is 22.9 Å². The van der Waals surface area contributed by atoms with Gasteiger partial charge in [-0.3, -0.25) is 0 Å². The average Bonchev–Trinajstić information content (AvgIpc) is 2.90. The van der Waals surface area contributed by atoms with Gasteiger partial charge in [0.2, 0.25) is 6.43 Å². The van der Waals surface area contributed by atoms with Crippen molar-refractivity contribution in [1.29, 1.82) is 0 Å². The van der Waals surface area contributed by atoms with Gasteiger partial charge in [0.1, 0.15) is 5.65 Å². The number of rotatable bonds is 4. The topological polar surface area (TPSA) is 29.3 Å². The summed E-state index contributed by atoms with van der Waals surface area (Å²) < 4.78 is 26.6. The molecule has 0 amide bonds. The van der Waals surface area contributed by atoms with E-state index < -0.39 is 6.43 Å². The van der Waals surface area contributed by atoms with E-state index in [1.807, 2.05) is 48.1 Å². The van der Waals surface area contributed by atoms with Gasteiger partial charge >= 0.3 is 0 Å². The van der Waals surface area contributed by atoms with Crippen LogP contribution in [0.25, 0.3) is 16.9 Å². The molecule has 0 bridgehead atoms. The number of fused-ring (bicyclic) bond motifs is 1. The Kier molecular flexibility index (Phi) is 3.56. The third-order valence-corrected chi connectivity index (χ3v) is 3.39. The van der Waals surface area contributed by atoms with Gasteiger partial charge in [0.05, 0.1) is 5.69 Å². The lowest BCUT2D eigenvalue weighted by molar-refractivity contribution is 0.149. The monoisotopic (exact) mass is 287 g/mol. The normalized spacial score (nSPS) is 11.2. The maximum absolute atomic E-state index is 12.3. The molecule has 0 fully saturated rings. The number of aromatic nitrogens is 2. The molecule has 3 nitrogen and oxygen atoms in total. The SMILES string of the molecule is CNc1ccn2cc(-c3ccc(CC(F)F)cc3)nc2c1. The summed E-state index contributed by atoms with van der Waals surface area (Å²) in [7, 11) is 1.86. The molecule has 0 aliphatic heterocycles. The molecule has 5 heteroatoms. The molecule has 21 heavy (non-hydrogen) atoms. The summed E-state index contributed by atoms with van der Waals surface area (Å²) in [6.45, 7) is 0. The van der Waals surface area contributed by atoms with Crippen molar-refractivity contribution in [2.45, 2.75) is 12.8 Å². The summed E-state index contributed by atoms with van der Waals surface area (Å²) >= 11 is 0. The molecule has 0 atom stereocenters. The minimum atomic E-state index is -2.31. The molecule has 0 saturated carbocycles. The van der Waals surface area contributed by atoms with Crippen molar-refractivity contribution in [3.05, 3.63) is 54.4 Å². The van der Waals surface area contributed by atoms with E-state index in [9.17, 15) is 8.78 Å². The third kappa shape index (κ3) is 2.86. The van der Waals surface area contributed by atoms with Gasteiger partial charge in [-0.05, 0) is 11.6 Å². The van der Waals surface area contributed by atoms with E-state index in [0.29, 0.717) is 5.56 Å². The van der Waals surface area contributed by atoms with E-state index in [0.717, 1.165) is 22.6 Å². The van der Waals surface area contributed by atoms with Crippen LogP contribution < -0.4 is 5.32 Å². The molecule has 0 radical (unpaired) electrons. The molecule has 0 spiro atoms. The summed E-state index contributed by atoms with van der Waals surface area (Å²) in [5, 5.41) is 3.07. The fourth-order valence-electron chi connectivity index (χ4n) is 2.27. The van der Waals surface area contributed by atoms with E-state index in [4.69, 9.17) is 0 Å². The van der Waals surface area contributed by atoms with Gasteiger partial charge in [-0.1, -0.05) is 24.3 Å².